The summed E-state index contributed by atoms with van der Waals surface area (Å²) in [6.45, 7) is 2.85. The van der Waals surface area contributed by atoms with Crippen LogP contribution in [0.2, 0.25) is 0 Å². The smallest absolute Gasteiger partial charge is 0.150 e. The molecule has 1 saturated heterocycles. The molecule has 1 unspecified atom stereocenters. The molecule has 0 spiro atoms. The van der Waals surface area contributed by atoms with Crippen LogP contribution in [-0.4, -0.2) is 16.4 Å². The van der Waals surface area contributed by atoms with E-state index in [2.05, 4.69) is 23.3 Å². The standard InChI is InChI=1S/C15H17N3O/c1-11-8-13-10-17-18(15-4-2-3-7-19-15)14(13)9-12(11)5-6-16/h8-10,15H,2-5,7H2,1H3. The molecule has 0 radical (unpaired) electrons. The maximum Gasteiger partial charge on any atom is 0.150 e. The topological polar surface area (TPSA) is 50.8 Å². The summed E-state index contributed by atoms with van der Waals surface area (Å²) in [7, 11) is 0. The Labute approximate surface area is 112 Å². The predicted octanol–water partition coefficient (Wildman–Crippen LogP) is 3.11. The zero-order valence-electron chi connectivity index (χ0n) is 11.1. The molecule has 1 aromatic carbocycles. The van der Waals surface area contributed by atoms with E-state index in [-0.39, 0.29) is 6.23 Å². The Morgan fingerprint density at radius 1 is 1.47 bits per heavy atom. The molecule has 0 N–H and O–H groups in total. The molecule has 2 heterocycles. The maximum atomic E-state index is 8.89. The van der Waals surface area contributed by atoms with Crippen molar-refractivity contribution in [1.82, 2.24) is 9.78 Å². The largest absolute Gasteiger partial charge is 0.356 e. The Bertz CT molecular complexity index is 633. The summed E-state index contributed by atoms with van der Waals surface area (Å²) in [5.41, 5.74) is 3.30. The van der Waals surface area contributed by atoms with Crippen molar-refractivity contribution in [1.29, 1.82) is 5.26 Å². The van der Waals surface area contributed by atoms with E-state index >= 15 is 0 Å². The minimum atomic E-state index is 0.0453. The van der Waals surface area contributed by atoms with Crippen molar-refractivity contribution in [3.05, 3.63) is 29.5 Å². The van der Waals surface area contributed by atoms with E-state index in [1.54, 1.807) is 0 Å². The van der Waals surface area contributed by atoms with Gasteiger partial charge >= 0.3 is 0 Å². The lowest BCUT2D eigenvalue weighted by atomic mass is 10.0. The van der Waals surface area contributed by atoms with Gasteiger partial charge in [-0.1, -0.05) is 0 Å². The molecule has 19 heavy (non-hydrogen) atoms. The van der Waals surface area contributed by atoms with E-state index in [0.29, 0.717) is 6.42 Å². The molecular weight excluding hydrogens is 238 g/mol. The molecule has 3 rings (SSSR count). The first-order valence-corrected chi connectivity index (χ1v) is 6.75. The highest BCUT2D eigenvalue weighted by Gasteiger charge is 2.18. The summed E-state index contributed by atoms with van der Waals surface area (Å²) in [5, 5.41) is 14.5. The Balaban J connectivity index is 2.05. The van der Waals surface area contributed by atoms with E-state index in [9.17, 15) is 0 Å². The van der Waals surface area contributed by atoms with Crippen molar-refractivity contribution in [3.8, 4) is 6.07 Å². The minimum absolute atomic E-state index is 0.0453. The third-order valence-corrected chi connectivity index (χ3v) is 3.75. The van der Waals surface area contributed by atoms with E-state index < -0.39 is 0 Å². The zero-order valence-corrected chi connectivity index (χ0v) is 11.1. The van der Waals surface area contributed by atoms with E-state index in [1.807, 2.05) is 17.8 Å². The third kappa shape index (κ3) is 2.22. The summed E-state index contributed by atoms with van der Waals surface area (Å²) in [4.78, 5) is 0. The number of aromatic nitrogens is 2. The monoisotopic (exact) mass is 255 g/mol. The number of nitriles is 1. The first kappa shape index (κ1) is 12.2. The van der Waals surface area contributed by atoms with E-state index in [4.69, 9.17) is 10.00 Å². The number of benzene rings is 1. The molecule has 1 aliphatic heterocycles. The molecule has 1 aliphatic rings. The van der Waals surface area contributed by atoms with E-state index in [1.165, 1.54) is 6.42 Å². The van der Waals surface area contributed by atoms with Crippen LogP contribution in [-0.2, 0) is 11.2 Å². The van der Waals surface area contributed by atoms with Gasteiger partial charge in [0.25, 0.3) is 0 Å². The number of rotatable bonds is 2. The minimum Gasteiger partial charge on any atom is -0.356 e. The molecule has 1 atom stereocenters. The molecule has 1 fully saturated rings. The fourth-order valence-electron chi connectivity index (χ4n) is 2.67. The Morgan fingerprint density at radius 2 is 2.37 bits per heavy atom. The summed E-state index contributed by atoms with van der Waals surface area (Å²) in [6, 6.07) is 6.41. The lowest BCUT2D eigenvalue weighted by Crippen LogP contribution is -2.19. The van der Waals surface area contributed by atoms with Gasteiger partial charge in [0.05, 0.1) is 24.2 Å². The quantitative estimate of drug-likeness (QED) is 0.828. The van der Waals surface area contributed by atoms with Crippen LogP contribution in [0.4, 0.5) is 0 Å². The molecular formula is C15H17N3O. The Hall–Kier alpha value is -1.86. The number of fused-ring (bicyclic) bond motifs is 1. The summed E-state index contributed by atoms with van der Waals surface area (Å²) in [5.74, 6) is 0. The van der Waals surface area contributed by atoms with Crippen LogP contribution in [0.1, 0.15) is 36.6 Å². The molecule has 0 amide bonds. The van der Waals surface area contributed by atoms with Gasteiger partial charge in [0.2, 0.25) is 0 Å². The highest BCUT2D eigenvalue weighted by atomic mass is 16.5. The predicted molar refractivity (Wildman–Crippen MR) is 72.6 cm³/mol. The van der Waals surface area contributed by atoms with Gasteiger partial charge < -0.3 is 4.74 Å². The van der Waals surface area contributed by atoms with Gasteiger partial charge in [0, 0.05) is 12.0 Å². The van der Waals surface area contributed by atoms with Gasteiger partial charge in [0.15, 0.2) is 6.23 Å². The highest BCUT2D eigenvalue weighted by molar-refractivity contribution is 5.80. The Morgan fingerprint density at radius 3 is 3.11 bits per heavy atom. The second-order valence-electron chi connectivity index (χ2n) is 5.08. The fraction of sp³-hybridized carbons (Fsp3) is 0.467. The van der Waals surface area contributed by atoms with Crippen molar-refractivity contribution in [2.75, 3.05) is 6.61 Å². The summed E-state index contributed by atoms with van der Waals surface area (Å²) >= 11 is 0. The van der Waals surface area contributed by atoms with Crippen molar-refractivity contribution >= 4 is 10.9 Å². The third-order valence-electron chi connectivity index (χ3n) is 3.75. The molecule has 0 saturated carbocycles. The Kier molecular flexibility index (Phi) is 3.22. The van der Waals surface area contributed by atoms with Crippen LogP contribution in [0, 0.1) is 18.3 Å². The number of nitrogens with zero attached hydrogens (tertiary/aromatic N) is 3. The van der Waals surface area contributed by atoms with Crippen molar-refractivity contribution in [3.63, 3.8) is 0 Å². The first-order valence-electron chi connectivity index (χ1n) is 6.75. The van der Waals surface area contributed by atoms with E-state index in [0.717, 1.165) is 41.5 Å². The lowest BCUT2D eigenvalue weighted by molar-refractivity contribution is -0.0366. The van der Waals surface area contributed by atoms with Crippen LogP contribution in [0.25, 0.3) is 10.9 Å². The number of ether oxygens (including phenoxy) is 1. The van der Waals surface area contributed by atoms with Crippen LogP contribution in [0.15, 0.2) is 18.3 Å². The highest BCUT2D eigenvalue weighted by Crippen LogP contribution is 2.27. The molecule has 4 nitrogen and oxygen atoms in total. The molecule has 98 valence electrons. The van der Waals surface area contributed by atoms with Crippen LogP contribution in [0.3, 0.4) is 0 Å². The number of hydrogen-bond acceptors (Lipinski definition) is 3. The normalized spacial score (nSPS) is 19.5. The van der Waals surface area contributed by atoms with Crippen LogP contribution >= 0.6 is 0 Å². The van der Waals surface area contributed by atoms with Gasteiger partial charge in [-0.05, 0) is 49.4 Å². The lowest BCUT2D eigenvalue weighted by Gasteiger charge is -2.23. The fourth-order valence-corrected chi connectivity index (χ4v) is 2.67. The molecule has 0 aliphatic carbocycles. The average Bonchev–Trinajstić information content (AvgIpc) is 2.83. The van der Waals surface area contributed by atoms with Crippen molar-refractivity contribution in [2.45, 2.75) is 38.8 Å². The molecule has 0 bridgehead atoms. The SMILES string of the molecule is Cc1cc2cnn(C3CCCCO3)c2cc1CC#N. The first-order chi connectivity index (χ1) is 9.29. The summed E-state index contributed by atoms with van der Waals surface area (Å²) < 4.78 is 7.76. The van der Waals surface area contributed by atoms with Gasteiger partial charge in [-0.15, -0.1) is 0 Å². The van der Waals surface area contributed by atoms with Gasteiger partial charge in [0.1, 0.15) is 0 Å². The second-order valence-corrected chi connectivity index (χ2v) is 5.08. The van der Waals surface area contributed by atoms with Crippen molar-refractivity contribution in [2.24, 2.45) is 0 Å². The molecule has 4 heteroatoms. The van der Waals surface area contributed by atoms with Gasteiger partial charge in [-0.2, -0.15) is 10.4 Å². The summed E-state index contributed by atoms with van der Waals surface area (Å²) in [6.07, 6.45) is 5.70. The van der Waals surface area contributed by atoms with Crippen LogP contribution < -0.4 is 0 Å². The van der Waals surface area contributed by atoms with Crippen LogP contribution in [0.5, 0.6) is 0 Å². The van der Waals surface area contributed by atoms with Gasteiger partial charge in [-0.3, -0.25) is 0 Å². The van der Waals surface area contributed by atoms with Crippen molar-refractivity contribution < 1.29 is 4.74 Å². The van der Waals surface area contributed by atoms with Gasteiger partial charge in [-0.25, -0.2) is 4.68 Å². The average molecular weight is 255 g/mol. The number of aryl methyl sites for hydroxylation is 1. The maximum absolute atomic E-state index is 8.89. The molecule has 2 aromatic rings. The zero-order chi connectivity index (χ0) is 13.2. The number of hydrogen-bond donors (Lipinski definition) is 0. The second kappa shape index (κ2) is 5.02. The molecule has 1 aromatic heterocycles.